The van der Waals surface area contributed by atoms with Gasteiger partial charge in [-0.1, -0.05) is 34.1 Å². The van der Waals surface area contributed by atoms with Crippen LogP contribution in [-0.4, -0.2) is 13.0 Å². The number of amides is 1. The topological polar surface area (TPSA) is 20.3 Å². The largest absolute Gasteiger partial charge is 0.311 e. The van der Waals surface area contributed by atoms with E-state index in [4.69, 9.17) is 0 Å². The zero-order valence-electron chi connectivity index (χ0n) is 11.3. The lowest BCUT2D eigenvalue weighted by molar-refractivity contribution is 0.0993. The van der Waals surface area contributed by atoms with E-state index < -0.39 is 0 Å². The van der Waals surface area contributed by atoms with E-state index in [0.29, 0.717) is 5.56 Å². The summed E-state index contributed by atoms with van der Waals surface area (Å²) in [5, 5.41) is 0. The molecule has 98 valence electrons. The van der Waals surface area contributed by atoms with E-state index in [0.717, 1.165) is 21.3 Å². The van der Waals surface area contributed by atoms with Gasteiger partial charge in [-0.05, 0) is 49.2 Å². The molecule has 0 aliphatic carbocycles. The molecule has 0 spiro atoms. The Morgan fingerprint density at radius 3 is 2.11 bits per heavy atom. The Bertz CT molecular complexity index is 584. The summed E-state index contributed by atoms with van der Waals surface area (Å²) in [6.07, 6.45) is 0. The van der Waals surface area contributed by atoms with Crippen molar-refractivity contribution in [1.82, 2.24) is 0 Å². The Morgan fingerprint density at radius 2 is 1.58 bits per heavy atom. The number of rotatable bonds is 2. The van der Waals surface area contributed by atoms with Crippen LogP contribution in [0.25, 0.3) is 0 Å². The molecule has 0 unspecified atom stereocenters. The average molecular weight is 318 g/mol. The van der Waals surface area contributed by atoms with E-state index in [1.165, 1.54) is 0 Å². The van der Waals surface area contributed by atoms with Gasteiger partial charge in [-0.25, -0.2) is 0 Å². The molecule has 0 saturated heterocycles. The molecule has 2 aromatic rings. The van der Waals surface area contributed by atoms with Crippen molar-refractivity contribution in [3.05, 3.63) is 63.6 Å². The molecule has 0 N–H and O–H groups in total. The molecule has 2 aromatic carbocycles. The maximum Gasteiger partial charge on any atom is 0.258 e. The van der Waals surface area contributed by atoms with Crippen molar-refractivity contribution in [2.24, 2.45) is 0 Å². The Labute approximate surface area is 122 Å². The van der Waals surface area contributed by atoms with Gasteiger partial charge in [-0.2, -0.15) is 0 Å². The molecule has 0 aliphatic heterocycles. The molecule has 0 aromatic heterocycles. The molecule has 0 fully saturated rings. The number of benzene rings is 2. The van der Waals surface area contributed by atoms with Gasteiger partial charge in [0.25, 0.3) is 5.91 Å². The van der Waals surface area contributed by atoms with Gasteiger partial charge >= 0.3 is 0 Å². The third-order valence-electron chi connectivity index (χ3n) is 3.13. The first-order valence-electron chi connectivity index (χ1n) is 6.10. The second-order valence-corrected chi connectivity index (χ2v) is 5.42. The number of hydrogen-bond acceptors (Lipinski definition) is 1. The Hall–Kier alpha value is -1.61. The SMILES string of the molecule is Cc1cc(C(=O)N(C)c2ccccc2)cc(C)c1Br. The zero-order valence-corrected chi connectivity index (χ0v) is 12.9. The normalized spacial score (nSPS) is 10.3. The number of anilines is 1. The second-order valence-electron chi connectivity index (χ2n) is 4.62. The van der Waals surface area contributed by atoms with Crippen molar-refractivity contribution in [3.8, 4) is 0 Å². The van der Waals surface area contributed by atoms with Crippen LogP contribution in [0.15, 0.2) is 46.9 Å². The summed E-state index contributed by atoms with van der Waals surface area (Å²) >= 11 is 3.52. The summed E-state index contributed by atoms with van der Waals surface area (Å²) in [6, 6.07) is 13.5. The minimum Gasteiger partial charge on any atom is -0.311 e. The van der Waals surface area contributed by atoms with Crippen LogP contribution in [-0.2, 0) is 0 Å². The first-order valence-corrected chi connectivity index (χ1v) is 6.90. The van der Waals surface area contributed by atoms with E-state index in [1.54, 1.807) is 11.9 Å². The number of carbonyl (C=O) groups excluding carboxylic acids is 1. The summed E-state index contributed by atoms with van der Waals surface area (Å²) < 4.78 is 1.06. The predicted molar refractivity (Wildman–Crippen MR) is 82.8 cm³/mol. The van der Waals surface area contributed by atoms with Crippen molar-refractivity contribution in [1.29, 1.82) is 0 Å². The van der Waals surface area contributed by atoms with Crippen LogP contribution < -0.4 is 4.90 Å². The molecule has 3 heteroatoms. The number of carbonyl (C=O) groups is 1. The molecule has 0 heterocycles. The molecule has 0 bridgehead atoms. The minimum absolute atomic E-state index is 0.00454. The van der Waals surface area contributed by atoms with E-state index in [-0.39, 0.29) is 5.91 Å². The van der Waals surface area contributed by atoms with Gasteiger partial charge in [-0.15, -0.1) is 0 Å². The van der Waals surface area contributed by atoms with Crippen molar-refractivity contribution >= 4 is 27.5 Å². The maximum absolute atomic E-state index is 12.5. The average Bonchev–Trinajstić information content (AvgIpc) is 2.43. The van der Waals surface area contributed by atoms with Gasteiger partial charge in [0.15, 0.2) is 0 Å². The third-order valence-corrected chi connectivity index (χ3v) is 4.38. The quantitative estimate of drug-likeness (QED) is 0.806. The predicted octanol–water partition coefficient (Wildman–Crippen LogP) is 4.34. The number of nitrogens with zero attached hydrogens (tertiary/aromatic N) is 1. The molecular formula is C16H16BrNO. The molecule has 19 heavy (non-hydrogen) atoms. The van der Waals surface area contributed by atoms with Crippen molar-refractivity contribution in [2.75, 3.05) is 11.9 Å². The minimum atomic E-state index is 0.00454. The molecule has 2 nitrogen and oxygen atoms in total. The van der Waals surface area contributed by atoms with Crippen LogP contribution in [0, 0.1) is 13.8 Å². The lowest BCUT2D eigenvalue weighted by Crippen LogP contribution is -2.26. The van der Waals surface area contributed by atoms with Crippen molar-refractivity contribution in [2.45, 2.75) is 13.8 Å². The van der Waals surface area contributed by atoms with Crippen LogP contribution in [0.4, 0.5) is 5.69 Å². The maximum atomic E-state index is 12.5. The summed E-state index contributed by atoms with van der Waals surface area (Å²) in [4.78, 5) is 14.1. The fourth-order valence-electron chi connectivity index (χ4n) is 2.03. The highest BCUT2D eigenvalue weighted by molar-refractivity contribution is 9.10. The van der Waals surface area contributed by atoms with Crippen LogP contribution in [0.3, 0.4) is 0 Å². The van der Waals surface area contributed by atoms with Gasteiger partial charge in [0, 0.05) is 22.8 Å². The van der Waals surface area contributed by atoms with Gasteiger partial charge in [0.2, 0.25) is 0 Å². The standard InChI is InChI=1S/C16H16BrNO/c1-11-9-13(10-12(2)15(11)17)16(19)18(3)14-7-5-4-6-8-14/h4-10H,1-3H3. The van der Waals surface area contributed by atoms with Crippen LogP contribution >= 0.6 is 15.9 Å². The fourth-order valence-corrected chi connectivity index (χ4v) is 2.26. The summed E-state index contributed by atoms with van der Waals surface area (Å²) in [7, 11) is 1.80. The Morgan fingerprint density at radius 1 is 1.05 bits per heavy atom. The highest BCUT2D eigenvalue weighted by Crippen LogP contribution is 2.24. The van der Waals surface area contributed by atoms with E-state index in [9.17, 15) is 4.79 Å². The van der Waals surface area contributed by atoms with Crippen molar-refractivity contribution < 1.29 is 4.79 Å². The van der Waals surface area contributed by atoms with Gasteiger partial charge in [0.05, 0.1) is 0 Å². The lowest BCUT2D eigenvalue weighted by Gasteiger charge is -2.18. The van der Waals surface area contributed by atoms with Crippen LogP contribution in [0.5, 0.6) is 0 Å². The molecule has 0 radical (unpaired) electrons. The van der Waals surface area contributed by atoms with Gasteiger partial charge in [0.1, 0.15) is 0 Å². The molecular weight excluding hydrogens is 302 g/mol. The Balaban J connectivity index is 2.35. The van der Waals surface area contributed by atoms with Crippen molar-refractivity contribution in [3.63, 3.8) is 0 Å². The molecule has 0 aliphatic rings. The highest BCUT2D eigenvalue weighted by Gasteiger charge is 2.15. The van der Waals surface area contributed by atoms with Crippen LogP contribution in [0.2, 0.25) is 0 Å². The summed E-state index contributed by atoms with van der Waals surface area (Å²) in [5.41, 5.74) is 3.75. The zero-order chi connectivity index (χ0) is 14.0. The van der Waals surface area contributed by atoms with Crippen LogP contribution in [0.1, 0.15) is 21.5 Å². The summed E-state index contributed by atoms with van der Waals surface area (Å²) in [6.45, 7) is 3.99. The first kappa shape index (κ1) is 13.8. The second kappa shape index (κ2) is 5.57. The number of aryl methyl sites for hydroxylation is 2. The van der Waals surface area contributed by atoms with E-state index >= 15 is 0 Å². The van der Waals surface area contributed by atoms with Gasteiger partial charge < -0.3 is 4.90 Å². The summed E-state index contributed by atoms with van der Waals surface area (Å²) in [5.74, 6) is 0.00454. The highest BCUT2D eigenvalue weighted by atomic mass is 79.9. The molecule has 0 atom stereocenters. The number of halogens is 1. The first-order chi connectivity index (χ1) is 9.00. The van der Waals surface area contributed by atoms with E-state index in [2.05, 4.69) is 15.9 Å². The fraction of sp³-hybridized carbons (Fsp3) is 0.188. The lowest BCUT2D eigenvalue weighted by atomic mass is 10.1. The smallest absolute Gasteiger partial charge is 0.258 e. The monoisotopic (exact) mass is 317 g/mol. The number of para-hydroxylation sites is 1. The molecule has 1 amide bonds. The van der Waals surface area contributed by atoms with E-state index in [1.807, 2.05) is 56.3 Å². The number of hydrogen-bond donors (Lipinski definition) is 0. The van der Waals surface area contributed by atoms with Gasteiger partial charge in [-0.3, -0.25) is 4.79 Å². The molecule has 2 rings (SSSR count). The molecule has 0 saturated carbocycles. The Kier molecular flexibility index (Phi) is 4.05. The third kappa shape index (κ3) is 2.87.